The molecule has 2 aromatic rings. The minimum atomic E-state index is -1.15. The Hall–Kier alpha value is -3.68. The second-order valence-electron chi connectivity index (χ2n) is 7.79. The molecule has 168 valence electrons. The lowest BCUT2D eigenvalue weighted by Crippen LogP contribution is -2.56. The van der Waals surface area contributed by atoms with Crippen molar-refractivity contribution in [2.45, 2.75) is 39.7 Å². The molecule has 1 fully saturated rings. The summed E-state index contributed by atoms with van der Waals surface area (Å²) in [6.45, 7) is 5.39. The van der Waals surface area contributed by atoms with Gasteiger partial charge in [0.1, 0.15) is 11.8 Å². The van der Waals surface area contributed by atoms with Crippen molar-refractivity contribution >= 4 is 29.3 Å². The second-order valence-corrected chi connectivity index (χ2v) is 7.79. The monoisotopic (exact) mass is 437 g/mol. The van der Waals surface area contributed by atoms with Crippen molar-refractivity contribution in [3.8, 4) is 5.75 Å². The predicted octanol–water partition coefficient (Wildman–Crippen LogP) is 2.86. The zero-order valence-corrected chi connectivity index (χ0v) is 18.6. The van der Waals surface area contributed by atoms with Crippen molar-refractivity contribution in [2.75, 3.05) is 12.0 Å². The van der Waals surface area contributed by atoms with Gasteiger partial charge in [-0.25, -0.2) is 9.91 Å². The third-order valence-electron chi connectivity index (χ3n) is 5.54. The Morgan fingerprint density at radius 2 is 1.88 bits per heavy atom. The van der Waals surface area contributed by atoms with Crippen LogP contribution in [0.25, 0.3) is 0 Å². The van der Waals surface area contributed by atoms with Gasteiger partial charge in [0.2, 0.25) is 11.8 Å². The summed E-state index contributed by atoms with van der Waals surface area (Å²) in [5.41, 5.74) is 4.06. The fourth-order valence-electron chi connectivity index (χ4n) is 3.51. The normalized spacial score (nSPS) is 16.6. The van der Waals surface area contributed by atoms with E-state index < -0.39 is 35.6 Å². The Bertz CT molecular complexity index is 1040. The van der Waals surface area contributed by atoms with Crippen LogP contribution < -0.4 is 15.1 Å². The van der Waals surface area contributed by atoms with Crippen molar-refractivity contribution in [3.05, 3.63) is 59.7 Å². The molecule has 0 saturated carbocycles. The van der Waals surface area contributed by atoms with E-state index in [2.05, 4.69) is 5.43 Å². The van der Waals surface area contributed by atoms with Gasteiger partial charge in [-0.3, -0.25) is 24.6 Å². The van der Waals surface area contributed by atoms with Crippen molar-refractivity contribution in [1.82, 2.24) is 10.4 Å². The number of imide groups is 1. The zero-order chi connectivity index (χ0) is 23.4. The molecule has 2 aromatic carbocycles. The maximum atomic E-state index is 13.4. The van der Waals surface area contributed by atoms with Crippen LogP contribution in [0.1, 0.15) is 42.6 Å². The van der Waals surface area contributed by atoms with Crippen LogP contribution in [-0.4, -0.2) is 41.8 Å². The van der Waals surface area contributed by atoms with Crippen LogP contribution in [-0.2, 0) is 14.4 Å². The summed E-state index contributed by atoms with van der Waals surface area (Å²) in [6, 6.07) is 12.4. The van der Waals surface area contributed by atoms with Gasteiger partial charge in [-0.1, -0.05) is 38.1 Å². The molecule has 0 unspecified atom stereocenters. The van der Waals surface area contributed by atoms with Gasteiger partial charge >= 0.3 is 0 Å². The summed E-state index contributed by atoms with van der Waals surface area (Å²) in [7, 11) is 1.45. The summed E-state index contributed by atoms with van der Waals surface area (Å²) >= 11 is 0. The average Bonchev–Trinajstić information content (AvgIpc) is 3.10. The van der Waals surface area contributed by atoms with Crippen molar-refractivity contribution < 1.29 is 23.9 Å². The highest BCUT2D eigenvalue weighted by atomic mass is 16.5. The number of anilines is 1. The molecule has 32 heavy (non-hydrogen) atoms. The van der Waals surface area contributed by atoms with Crippen LogP contribution in [0.5, 0.6) is 5.75 Å². The lowest BCUT2D eigenvalue weighted by atomic mass is 10.1. The van der Waals surface area contributed by atoms with E-state index in [0.717, 1.165) is 15.5 Å². The number of methoxy groups -OCH3 is 1. The number of aryl methyl sites for hydroxylation is 1. The fraction of sp³-hybridized carbons (Fsp3) is 0.333. The minimum absolute atomic E-state index is 0.243. The molecule has 1 saturated heterocycles. The van der Waals surface area contributed by atoms with E-state index >= 15 is 0 Å². The van der Waals surface area contributed by atoms with Crippen molar-refractivity contribution in [1.29, 1.82) is 0 Å². The van der Waals surface area contributed by atoms with Crippen molar-refractivity contribution in [3.63, 3.8) is 0 Å². The molecule has 1 N–H and O–H groups in total. The van der Waals surface area contributed by atoms with Crippen LogP contribution in [0.3, 0.4) is 0 Å². The van der Waals surface area contributed by atoms with E-state index in [1.54, 1.807) is 49.4 Å². The molecule has 1 heterocycles. The number of benzene rings is 2. The summed E-state index contributed by atoms with van der Waals surface area (Å²) in [5, 5.41) is 1.02. The standard InChI is InChI=1S/C24H27N3O5/c1-5-16(3)23(30)27(25-22(29)17-9-7-6-8-10-17)19-14-21(28)26(24(19)31)18-13-15(2)11-12-20(18)32-4/h6-13,16,19H,5,14H2,1-4H3,(H,25,29)/t16-,19+/m0/s1. The highest BCUT2D eigenvalue weighted by molar-refractivity contribution is 6.23. The predicted molar refractivity (Wildman–Crippen MR) is 119 cm³/mol. The van der Waals surface area contributed by atoms with Gasteiger partial charge < -0.3 is 4.74 Å². The first-order chi connectivity index (χ1) is 15.3. The van der Waals surface area contributed by atoms with E-state index in [0.29, 0.717) is 23.4 Å². The fourth-order valence-corrected chi connectivity index (χ4v) is 3.51. The first kappa shape index (κ1) is 23.0. The highest BCUT2D eigenvalue weighted by Gasteiger charge is 2.46. The van der Waals surface area contributed by atoms with Gasteiger partial charge in [0.15, 0.2) is 0 Å². The van der Waals surface area contributed by atoms with Gasteiger partial charge in [0.05, 0.1) is 19.2 Å². The van der Waals surface area contributed by atoms with Gasteiger partial charge in [0, 0.05) is 11.5 Å². The van der Waals surface area contributed by atoms with E-state index in [4.69, 9.17) is 4.74 Å². The number of carbonyl (C=O) groups excluding carboxylic acids is 4. The number of carbonyl (C=O) groups is 4. The molecular weight excluding hydrogens is 410 g/mol. The van der Waals surface area contributed by atoms with Crippen molar-refractivity contribution in [2.24, 2.45) is 5.92 Å². The Morgan fingerprint density at radius 3 is 2.50 bits per heavy atom. The molecule has 0 spiro atoms. The molecule has 1 aliphatic rings. The van der Waals surface area contributed by atoms with Crippen LogP contribution in [0.4, 0.5) is 5.69 Å². The lowest BCUT2D eigenvalue weighted by Gasteiger charge is -2.30. The summed E-state index contributed by atoms with van der Waals surface area (Å²) < 4.78 is 5.33. The number of rotatable bonds is 6. The van der Waals surface area contributed by atoms with E-state index in [9.17, 15) is 19.2 Å². The molecule has 8 nitrogen and oxygen atoms in total. The number of nitrogens with one attached hydrogen (secondary N) is 1. The Balaban J connectivity index is 1.96. The topological polar surface area (TPSA) is 96.0 Å². The van der Waals surface area contributed by atoms with Crippen LogP contribution in [0.2, 0.25) is 0 Å². The molecule has 1 aliphatic heterocycles. The van der Waals surface area contributed by atoms with Gasteiger partial charge in [-0.2, -0.15) is 0 Å². The summed E-state index contributed by atoms with van der Waals surface area (Å²) in [4.78, 5) is 53.2. The summed E-state index contributed by atoms with van der Waals surface area (Å²) in [6.07, 6.45) is 0.272. The van der Waals surface area contributed by atoms with E-state index in [-0.39, 0.29) is 6.42 Å². The molecule has 3 rings (SSSR count). The largest absolute Gasteiger partial charge is 0.495 e. The van der Waals surface area contributed by atoms with Crippen LogP contribution >= 0.6 is 0 Å². The number of amides is 4. The Kier molecular flexibility index (Phi) is 6.92. The molecule has 0 aromatic heterocycles. The number of hydrogen-bond acceptors (Lipinski definition) is 5. The summed E-state index contributed by atoms with van der Waals surface area (Å²) in [5.74, 6) is -2.11. The maximum absolute atomic E-state index is 13.4. The number of hydrogen-bond donors (Lipinski definition) is 1. The smallest absolute Gasteiger partial charge is 0.269 e. The molecular formula is C24H27N3O5. The van der Waals surface area contributed by atoms with Crippen LogP contribution in [0, 0.1) is 12.8 Å². The molecule has 8 heteroatoms. The quantitative estimate of drug-likeness (QED) is 0.554. The first-order valence-electron chi connectivity index (χ1n) is 10.5. The third-order valence-corrected chi connectivity index (χ3v) is 5.54. The highest BCUT2D eigenvalue weighted by Crippen LogP contribution is 2.34. The lowest BCUT2D eigenvalue weighted by molar-refractivity contribution is -0.144. The molecule has 0 radical (unpaired) electrons. The molecule has 0 bridgehead atoms. The SMILES string of the molecule is CC[C@H](C)C(=O)N(NC(=O)c1ccccc1)[C@@H]1CC(=O)N(c2cc(C)ccc2OC)C1=O. The third kappa shape index (κ3) is 4.49. The number of hydrazine groups is 1. The van der Waals surface area contributed by atoms with Gasteiger partial charge in [0.25, 0.3) is 11.8 Å². The molecule has 4 amide bonds. The van der Waals surface area contributed by atoms with E-state index in [1.165, 1.54) is 7.11 Å². The minimum Gasteiger partial charge on any atom is -0.495 e. The van der Waals surface area contributed by atoms with Gasteiger partial charge in [-0.15, -0.1) is 0 Å². The van der Waals surface area contributed by atoms with E-state index in [1.807, 2.05) is 19.9 Å². The maximum Gasteiger partial charge on any atom is 0.269 e. The van der Waals surface area contributed by atoms with Gasteiger partial charge in [-0.05, 0) is 43.2 Å². The molecule has 0 aliphatic carbocycles. The number of nitrogens with zero attached hydrogens (tertiary/aromatic N) is 2. The second kappa shape index (κ2) is 9.64. The first-order valence-corrected chi connectivity index (χ1v) is 10.5. The zero-order valence-electron chi connectivity index (χ0n) is 18.6. The Labute approximate surface area is 187 Å². The van der Waals surface area contributed by atoms with Crippen LogP contribution in [0.15, 0.2) is 48.5 Å². The number of ether oxygens (including phenoxy) is 1. The average molecular weight is 437 g/mol. The Morgan fingerprint density at radius 1 is 1.19 bits per heavy atom. The molecule has 2 atom stereocenters.